The van der Waals surface area contributed by atoms with Crippen LogP contribution in [0.2, 0.25) is 0 Å². The second-order valence-electron chi connectivity index (χ2n) is 6.25. The molecule has 0 radical (unpaired) electrons. The Morgan fingerprint density at radius 1 is 1.10 bits per heavy atom. The van der Waals surface area contributed by atoms with E-state index in [0.717, 1.165) is 12.8 Å². The number of hydrogen-bond acceptors (Lipinski definition) is 1. The van der Waals surface area contributed by atoms with Crippen LogP contribution in [0.25, 0.3) is 22.0 Å². The van der Waals surface area contributed by atoms with Crippen LogP contribution in [-0.2, 0) is 5.41 Å². The first-order valence-electron chi connectivity index (χ1n) is 7.51. The van der Waals surface area contributed by atoms with Gasteiger partial charge in [0.25, 0.3) is 0 Å². The van der Waals surface area contributed by atoms with Crippen LogP contribution in [0.1, 0.15) is 24.0 Å². The van der Waals surface area contributed by atoms with Crippen molar-refractivity contribution in [3.8, 4) is 11.1 Å². The summed E-state index contributed by atoms with van der Waals surface area (Å²) in [6.45, 7) is 2.42. The summed E-state index contributed by atoms with van der Waals surface area (Å²) in [5, 5.41) is 10.8. The SMILES string of the molecule is Cc1cc2[nH]ccc2cc1-c1ccc(C2(CO)CC2)cc1. The Bertz CT molecular complexity index is 794. The Kier molecular flexibility index (Phi) is 2.69. The van der Waals surface area contributed by atoms with Crippen LogP contribution < -0.4 is 0 Å². The van der Waals surface area contributed by atoms with Gasteiger partial charge in [0.1, 0.15) is 0 Å². The van der Waals surface area contributed by atoms with Crippen molar-refractivity contribution in [2.45, 2.75) is 25.2 Å². The predicted molar refractivity (Wildman–Crippen MR) is 86.5 cm³/mol. The van der Waals surface area contributed by atoms with Gasteiger partial charge in [0.2, 0.25) is 0 Å². The Morgan fingerprint density at radius 3 is 2.52 bits per heavy atom. The minimum absolute atomic E-state index is 0.0537. The summed E-state index contributed by atoms with van der Waals surface area (Å²) in [6, 6.07) is 15.3. The summed E-state index contributed by atoms with van der Waals surface area (Å²) in [4.78, 5) is 3.26. The van der Waals surface area contributed by atoms with Crippen LogP contribution in [0.3, 0.4) is 0 Å². The first-order chi connectivity index (χ1) is 10.2. The lowest BCUT2D eigenvalue weighted by atomic mass is 9.93. The molecule has 0 aliphatic heterocycles. The third kappa shape index (κ3) is 1.98. The first kappa shape index (κ1) is 12.7. The van der Waals surface area contributed by atoms with Crippen molar-refractivity contribution in [1.82, 2.24) is 4.98 Å². The number of benzene rings is 2. The van der Waals surface area contributed by atoms with Gasteiger partial charge >= 0.3 is 0 Å². The molecule has 1 aliphatic carbocycles. The average molecular weight is 277 g/mol. The molecule has 2 aromatic carbocycles. The highest BCUT2D eigenvalue weighted by atomic mass is 16.3. The quantitative estimate of drug-likeness (QED) is 0.740. The zero-order valence-corrected chi connectivity index (χ0v) is 12.2. The van der Waals surface area contributed by atoms with Crippen molar-refractivity contribution in [2.75, 3.05) is 6.61 Å². The van der Waals surface area contributed by atoms with Gasteiger partial charge in [-0.25, -0.2) is 0 Å². The molecule has 21 heavy (non-hydrogen) atoms. The van der Waals surface area contributed by atoms with Gasteiger partial charge < -0.3 is 10.1 Å². The minimum Gasteiger partial charge on any atom is -0.395 e. The maximum Gasteiger partial charge on any atom is 0.0527 e. The van der Waals surface area contributed by atoms with E-state index in [4.69, 9.17) is 0 Å². The smallest absolute Gasteiger partial charge is 0.0527 e. The van der Waals surface area contributed by atoms with E-state index in [0.29, 0.717) is 0 Å². The lowest BCUT2D eigenvalue weighted by Crippen LogP contribution is -2.11. The fourth-order valence-corrected chi connectivity index (χ4v) is 3.21. The summed E-state index contributed by atoms with van der Waals surface area (Å²) in [6.07, 6.45) is 4.20. The van der Waals surface area contributed by atoms with Crippen LogP contribution in [-0.4, -0.2) is 16.7 Å². The van der Waals surface area contributed by atoms with Crippen molar-refractivity contribution >= 4 is 10.9 Å². The van der Waals surface area contributed by atoms with Crippen LogP contribution in [0.15, 0.2) is 48.7 Å². The first-order valence-corrected chi connectivity index (χ1v) is 7.51. The highest BCUT2D eigenvalue weighted by Gasteiger charge is 2.43. The molecule has 0 atom stereocenters. The normalized spacial score (nSPS) is 16.3. The number of aromatic nitrogens is 1. The van der Waals surface area contributed by atoms with E-state index < -0.39 is 0 Å². The second-order valence-corrected chi connectivity index (χ2v) is 6.25. The van der Waals surface area contributed by atoms with Gasteiger partial charge in [-0.15, -0.1) is 0 Å². The number of H-pyrrole nitrogens is 1. The molecule has 0 saturated heterocycles. The molecule has 2 N–H and O–H groups in total. The van der Waals surface area contributed by atoms with Gasteiger partial charge in [-0.1, -0.05) is 24.3 Å². The van der Waals surface area contributed by atoms with Crippen LogP contribution in [0.4, 0.5) is 0 Å². The zero-order chi connectivity index (χ0) is 14.4. The van der Waals surface area contributed by atoms with E-state index >= 15 is 0 Å². The molecule has 0 unspecified atom stereocenters. The molecule has 4 rings (SSSR count). The molecule has 0 spiro atoms. The number of fused-ring (bicyclic) bond motifs is 1. The van der Waals surface area contributed by atoms with Crippen molar-refractivity contribution in [1.29, 1.82) is 0 Å². The van der Waals surface area contributed by atoms with Crippen LogP contribution in [0, 0.1) is 6.92 Å². The number of aryl methyl sites for hydroxylation is 1. The average Bonchev–Trinajstić information content (AvgIpc) is 3.19. The zero-order valence-electron chi connectivity index (χ0n) is 12.2. The van der Waals surface area contributed by atoms with Crippen LogP contribution in [0.5, 0.6) is 0 Å². The fourth-order valence-electron chi connectivity index (χ4n) is 3.21. The third-order valence-electron chi connectivity index (χ3n) is 4.86. The van der Waals surface area contributed by atoms with Gasteiger partial charge in [-0.05, 0) is 65.6 Å². The van der Waals surface area contributed by atoms with E-state index in [1.807, 2.05) is 6.20 Å². The summed E-state index contributed by atoms with van der Waals surface area (Å²) in [5.41, 5.74) is 6.31. The van der Waals surface area contributed by atoms with E-state index in [1.54, 1.807) is 0 Å². The van der Waals surface area contributed by atoms with E-state index in [1.165, 1.54) is 33.2 Å². The molecule has 3 aromatic rings. The summed E-state index contributed by atoms with van der Waals surface area (Å²) >= 11 is 0. The standard InChI is InChI=1S/C19H19NO/c1-13-10-18-15(6-9-20-18)11-17(13)14-2-4-16(5-3-14)19(12-21)7-8-19/h2-6,9-11,20-21H,7-8,12H2,1H3. The largest absolute Gasteiger partial charge is 0.395 e. The molecule has 1 fully saturated rings. The molecule has 1 aliphatic rings. The Balaban J connectivity index is 1.76. The van der Waals surface area contributed by atoms with Gasteiger partial charge in [-0.3, -0.25) is 0 Å². The lowest BCUT2D eigenvalue weighted by Gasteiger charge is -2.13. The molecular formula is C19H19NO. The molecule has 1 heterocycles. The third-order valence-corrected chi connectivity index (χ3v) is 4.86. The molecular weight excluding hydrogens is 258 g/mol. The van der Waals surface area contributed by atoms with Crippen molar-refractivity contribution in [3.05, 3.63) is 59.8 Å². The molecule has 1 saturated carbocycles. The number of aliphatic hydroxyl groups excluding tert-OH is 1. The molecule has 0 amide bonds. The number of aliphatic hydroxyl groups is 1. The van der Waals surface area contributed by atoms with Crippen molar-refractivity contribution in [3.63, 3.8) is 0 Å². The number of hydrogen-bond donors (Lipinski definition) is 2. The molecule has 0 bridgehead atoms. The fraction of sp³-hybridized carbons (Fsp3) is 0.263. The molecule has 1 aromatic heterocycles. The number of nitrogens with one attached hydrogen (secondary N) is 1. The summed E-state index contributed by atoms with van der Waals surface area (Å²) in [5.74, 6) is 0. The molecule has 106 valence electrons. The van der Waals surface area contributed by atoms with Gasteiger partial charge in [0.15, 0.2) is 0 Å². The summed E-state index contributed by atoms with van der Waals surface area (Å²) in [7, 11) is 0. The Hall–Kier alpha value is -2.06. The van der Waals surface area contributed by atoms with Crippen LogP contribution >= 0.6 is 0 Å². The topological polar surface area (TPSA) is 36.0 Å². The van der Waals surface area contributed by atoms with Gasteiger partial charge in [0.05, 0.1) is 6.61 Å². The van der Waals surface area contributed by atoms with Crippen molar-refractivity contribution < 1.29 is 5.11 Å². The minimum atomic E-state index is 0.0537. The second kappa shape index (κ2) is 4.47. The predicted octanol–water partition coefficient (Wildman–Crippen LogP) is 4.17. The number of aromatic amines is 1. The maximum absolute atomic E-state index is 9.53. The lowest BCUT2D eigenvalue weighted by molar-refractivity contribution is 0.255. The molecule has 2 nitrogen and oxygen atoms in total. The van der Waals surface area contributed by atoms with E-state index in [9.17, 15) is 5.11 Å². The monoisotopic (exact) mass is 277 g/mol. The Morgan fingerprint density at radius 2 is 1.86 bits per heavy atom. The maximum atomic E-state index is 9.53. The summed E-state index contributed by atoms with van der Waals surface area (Å²) < 4.78 is 0. The van der Waals surface area contributed by atoms with Gasteiger partial charge in [-0.2, -0.15) is 0 Å². The van der Waals surface area contributed by atoms with E-state index in [-0.39, 0.29) is 12.0 Å². The van der Waals surface area contributed by atoms with Gasteiger partial charge in [0, 0.05) is 17.1 Å². The highest BCUT2D eigenvalue weighted by Crippen LogP contribution is 2.47. The van der Waals surface area contributed by atoms with Crippen molar-refractivity contribution in [2.24, 2.45) is 0 Å². The number of rotatable bonds is 3. The Labute approximate surface area is 124 Å². The molecule has 2 heteroatoms. The highest BCUT2D eigenvalue weighted by molar-refractivity contribution is 5.87. The van der Waals surface area contributed by atoms with E-state index in [2.05, 4.69) is 54.4 Å².